The number of nitrogens with zero attached hydrogens (tertiary/aromatic N) is 1. The van der Waals surface area contributed by atoms with Crippen LogP contribution in [0.4, 0.5) is 0 Å². The Labute approximate surface area is 361 Å². The van der Waals surface area contributed by atoms with Crippen LogP contribution in [-0.4, -0.2) is 89.5 Å². The van der Waals surface area contributed by atoms with Crippen molar-refractivity contribution in [3.05, 3.63) is 59.7 Å². The molecule has 0 aliphatic heterocycles. The van der Waals surface area contributed by atoms with E-state index in [1.54, 1.807) is 43.5 Å². The molecular weight excluding hydrogens is 785 g/mol. The van der Waals surface area contributed by atoms with E-state index in [4.69, 9.17) is 28.0 Å². The first-order valence-electron chi connectivity index (χ1n) is 22.5. The lowest BCUT2D eigenvalue weighted by Gasteiger charge is -2.29. The highest BCUT2D eigenvalue weighted by Crippen LogP contribution is 2.40. The second-order valence-electron chi connectivity index (χ2n) is 16.7. The summed E-state index contributed by atoms with van der Waals surface area (Å²) in [5.41, 5.74) is 1.21. The number of ether oxygens (including phenoxy) is 4. The second-order valence-corrected chi connectivity index (χ2v) is 18.0. The van der Waals surface area contributed by atoms with Crippen molar-refractivity contribution in [2.45, 2.75) is 148 Å². The Balaban J connectivity index is 1.59. The van der Waals surface area contributed by atoms with Gasteiger partial charge >= 0.3 is 11.9 Å². The highest BCUT2D eigenvalue weighted by Gasteiger charge is 2.23. The van der Waals surface area contributed by atoms with Crippen LogP contribution in [0.15, 0.2) is 48.5 Å². The number of likely N-dealkylation sites (N-methyl/N-ethyl adjacent to an activating group) is 1. The fourth-order valence-electron chi connectivity index (χ4n) is 6.43. The summed E-state index contributed by atoms with van der Waals surface area (Å²) >= 11 is 0. The van der Waals surface area contributed by atoms with Gasteiger partial charge in [-0.25, -0.2) is 0 Å². The summed E-state index contributed by atoms with van der Waals surface area (Å²) in [6.45, 7) is 2.47. The van der Waals surface area contributed by atoms with Crippen LogP contribution in [0.2, 0.25) is 0 Å². The molecule has 12 nitrogen and oxygen atoms in total. The van der Waals surface area contributed by atoms with Gasteiger partial charge in [0.15, 0.2) is 5.78 Å². The van der Waals surface area contributed by atoms with E-state index in [0.717, 1.165) is 70.0 Å². The Morgan fingerprint density at radius 3 is 1.45 bits per heavy atom. The fraction of sp³-hybridized carbons (Fsp3) is 0.681. The SMILES string of the molecule is CCCCCCCCCCCCCC(=O)OCC(COC(=O)CCCCCCCCCCOc1ccc(C(=O)c2ccc(OC)cc2)cc1)OP(=O)([O-])OCC[N+](C)(C)C. The summed E-state index contributed by atoms with van der Waals surface area (Å²) in [6, 6.07) is 14.3. The summed E-state index contributed by atoms with van der Waals surface area (Å²) < 4.78 is 45.1. The summed E-state index contributed by atoms with van der Waals surface area (Å²) in [5, 5.41) is 0. The van der Waals surface area contributed by atoms with E-state index in [2.05, 4.69) is 6.92 Å². The lowest BCUT2D eigenvalue weighted by molar-refractivity contribution is -0.870. The first-order valence-corrected chi connectivity index (χ1v) is 23.9. The first kappa shape index (κ1) is 52.9. The number of unbranched alkanes of at least 4 members (excludes halogenated alkanes) is 17. The van der Waals surface area contributed by atoms with E-state index in [-0.39, 0.29) is 38.4 Å². The molecular formula is C47H76NO11P. The molecule has 0 saturated heterocycles. The highest BCUT2D eigenvalue weighted by molar-refractivity contribution is 7.45. The van der Waals surface area contributed by atoms with Crippen molar-refractivity contribution < 1.29 is 56.3 Å². The third kappa shape index (κ3) is 26.8. The number of phosphoric acid groups is 1. The van der Waals surface area contributed by atoms with E-state index in [1.165, 1.54) is 44.9 Å². The van der Waals surface area contributed by atoms with Crippen molar-refractivity contribution >= 4 is 25.5 Å². The largest absolute Gasteiger partial charge is 0.756 e. The van der Waals surface area contributed by atoms with Gasteiger partial charge in [-0.1, -0.05) is 110 Å². The van der Waals surface area contributed by atoms with Gasteiger partial charge < -0.3 is 37.4 Å². The molecule has 0 radical (unpaired) electrons. The van der Waals surface area contributed by atoms with Gasteiger partial charge in [0.2, 0.25) is 0 Å². The number of benzene rings is 2. The van der Waals surface area contributed by atoms with Crippen LogP contribution in [-0.2, 0) is 32.7 Å². The van der Waals surface area contributed by atoms with Crippen LogP contribution in [0.5, 0.6) is 11.5 Å². The van der Waals surface area contributed by atoms with Crippen molar-refractivity contribution in [3.8, 4) is 11.5 Å². The maximum Gasteiger partial charge on any atom is 0.305 e. The Bertz CT molecular complexity index is 1490. The van der Waals surface area contributed by atoms with Crippen LogP contribution in [0, 0.1) is 0 Å². The zero-order valence-corrected chi connectivity index (χ0v) is 38.4. The number of phosphoric ester groups is 1. The number of hydrogen-bond acceptors (Lipinski definition) is 11. The van der Waals surface area contributed by atoms with E-state index in [9.17, 15) is 23.8 Å². The van der Waals surface area contributed by atoms with Crippen molar-refractivity contribution in [1.29, 1.82) is 0 Å². The molecule has 0 aliphatic rings. The molecule has 0 amide bonds. The maximum atomic E-state index is 12.7. The van der Waals surface area contributed by atoms with Crippen LogP contribution >= 0.6 is 7.82 Å². The monoisotopic (exact) mass is 862 g/mol. The van der Waals surface area contributed by atoms with E-state index in [1.807, 2.05) is 33.3 Å². The van der Waals surface area contributed by atoms with E-state index in [0.29, 0.717) is 47.4 Å². The number of rotatable bonds is 37. The Hall–Kier alpha value is -3.28. The maximum absolute atomic E-state index is 12.7. The average Bonchev–Trinajstić information content (AvgIpc) is 3.22. The van der Waals surface area contributed by atoms with Crippen molar-refractivity contribution in [2.75, 3.05) is 61.2 Å². The number of ketones is 1. The van der Waals surface area contributed by atoms with Crippen LogP contribution in [0.1, 0.15) is 158 Å². The molecule has 0 heterocycles. The zero-order chi connectivity index (χ0) is 43.9. The van der Waals surface area contributed by atoms with E-state index >= 15 is 0 Å². The summed E-state index contributed by atoms with van der Waals surface area (Å²) in [6.07, 6.45) is 19.9. The topological polar surface area (TPSA) is 147 Å². The molecule has 2 aromatic carbocycles. The van der Waals surface area contributed by atoms with Crippen LogP contribution in [0.3, 0.4) is 0 Å². The molecule has 0 aromatic heterocycles. The minimum Gasteiger partial charge on any atom is -0.756 e. The normalized spacial score (nSPS) is 13.0. The zero-order valence-electron chi connectivity index (χ0n) is 37.5. The standard InChI is InChI=1S/C47H76NO11P/c1-6-7-8-9-10-11-12-13-16-19-22-25-45(49)56-38-44(59-60(52,53)58-37-35-48(2,3)4)39-57-46(50)26-23-20-17-14-15-18-21-24-36-55-43-33-29-41(30-34-43)47(51)40-27-31-42(54-5)32-28-40/h27-34,44H,6-26,35-39H2,1-5H3. The molecule has 2 unspecified atom stereocenters. The predicted octanol–water partition coefficient (Wildman–Crippen LogP) is 10.2. The smallest absolute Gasteiger partial charge is 0.305 e. The molecule has 13 heteroatoms. The highest BCUT2D eigenvalue weighted by atomic mass is 31.2. The number of carbonyl (C=O) groups is 3. The minimum absolute atomic E-state index is 0.0492. The average molecular weight is 862 g/mol. The van der Waals surface area contributed by atoms with Gasteiger partial charge in [-0.05, 0) is 67.8 Å². The first-order chi connectivity index (χ1) is 28.8. The lowest BCUT2D eigenvalue weighted by atomic mass is 10.0. The summed E-state index contributed by atoms with van der Waals surface area (Å²) in [5.74, 6) is 0.502. The van der Waals surface area contributed by atoms with Gasteiger partial charge in [0, 0.05) is 24.0 Å². The fourth-order valence-corrected chi connectivity index (χ4v) is 7.28. The van der Waals surface area contributed by atoms with Crippen molar-refractivity contribution in [3.63, 3.8) is 0 Å². The Morgan fingerprint density at radius 1 is 0.600 bits per heavy atom. The molecule has 60 heavy (non-hydrogen) atoms. The molecule has 0 spiro atoms. The molecule has 2 rings (SSSR count). The lowest BCUT2D eigenvalue weighted by Crippen LogP contribution is -2.38. The third-order valence-corrected chi connectivity index (χ3v) is 11.2. The second kappa shape index (κ2) is 31.5. The third-order valence-electron chi connectivity index (χ3n) is 10.1. The Morgan fingerprint density at radius 2 is 1.02 bits per heavy atom. The molecule has 2 aromatic rings. The van der Waals surface area contributed by atoms with Gasteiger partial charge in [-0.2, -0.15) is 0 Å². The van der Waals surface area contributed by atoms with Crippen molar-refractivity contribution in [2.24, 2.45) is 0 Å². The summed E-state index contributed by atoms with van der Waals surface area (Å²) in [4.78, 5) is 50.3. The number of hydrogen-bond donors (Lipinski definition) is 0. The Kier molecular flexibility index (Phi) is 27.8. The van der Waals surface area contributed by atoms with E-state index < -0.39 is 25.9 Å². The van der Waals surface area contributed by atoms with Gasteiger partial charge in [-0.3, -0.25) is 18.9 Å². The predicted molar refractivity (Wildman–Crippen MR) is 234 cm³/mol. The number of methoxy groups -OCH3 is 1. The number of esters is 2. The number of quaternary nitrogens is 1. The molecule has 2 atom stereocenters. The van der Waals surface area contributed by atoms with Gasteiger partial charge in [0.05, 0.1) is 34.9 Å². The quantitative estimate of drug-likeness (QED) is 0.0210. The molecule has 340 valence electrons. The minimum atomic E-state index is -4.74. The molecule has 0 saturated carbocycles. The van der Waals surface area contributed by atoms with Gasteiger partial charge in [0.25, 0.3) is 7.82 Å². The van der Waals surface area contributed by atoms with Crippen LogP contribution < -0.4 is 14.4 Å². The van der Waals surface area contributed by atoms with Crippen LogP contribution in [0.25, 0.3) is 0 Å². The van der Waals surface area contributed by atoms with Gasteiger partial charge in [0.1, 0.15) is 44.0 Å². The number of carbonyl (C=O) groups excluding carboxylic acids is 3. The van der Waals surface area contributed by atoms with Crippen molar-refractivity contribution in [1.82, 2.24) is 0 Å². The van der Waals surface area contributed by atoms with Gasteiger partial charge in [-0.15, -0.1) is 0 Å². The molecule has 0 bridgehead atoms. The molecule has 0 N–H and O–H groups in total. The molecule has 0 aliphatic carbocycles. The molecule has 0 fully saturated rings. The summed E-state index contributed by atoms with van der Waals surface area (Å²) in [7, 11) is 2.59.